The van der Waals surface area contributed by atoms with E-state index in [1.807, 2.05) is 0 Å². The van der Waals surface area contributed by atoms with Gasteiger partial charge in [0.25, 0.3) is 0 Å². The second kappa shape index (κ2) is 3.53. The fourth-order valence-corrected chi connectivity index (χ4v) is 1.61. The highest BCUT2D eigenvalue weighted by Crippen LogP contribution is 2.22. The highest BCUT2D eigenvalue weighted by Gasteiger charge is 2.08. The molecular weight excluding hydrogens is 226 g/mol. The molecule has 0 fully saturated rings. The van der Waals surface area contributed by atoms with Crippen LogP contribution >= 0.6 is 11.6 Å². The molecule has 0 bridgehead atoms. The van der Waals surface area contributed by atoms with Crippen molar-refractivity contribution < 1.29 is 0 Å². The molecule has 0 aliphatic carbocycles. The van der Waals surface area contributed by atoms with Crippen molar-refractivity contribution in [3.05, 3.63) is 35.9 Å². The molecule has 3 aromatic rings. The van der Waals surface area contributed by atoms with Crippen LogP contribution in [0.4, 0.5) is 0 Å². The number of imidazole rings is 1. The van der Waals surface area contributed by atoms with Crippen LogP contribution in [0.1, 0.15) is 0 Å². The lowest BCUT2D eigenvalue weighted by molar-refractivity contribution is 1.16. The van der Waals surface area contributed by atoms with Crippen molar-refractivity contribution >= 4 is 22.8 Å². The molecule has 78 valence electrons. The van der Waals surface area contributed by atoms with E-state index < -0.39 is 0 Å². The third-order valence-electron chi connectivity index (χ3n) is 2.15. The van der Waals surface area contributed by atoms with E-state index in [0.717, 1.165) is 5.52 Å². The quantitative estimate of drug-likeness (QED) is 0.696. The summed E-state index contributed by atoms with van der Waals surface area (Å²) in [5, 5.41) is 0.525. The summed E-state index contributed by atoms with van der Waals surface area (Å²) in [5.41, 5.74) is 1.96. The van der Waals surface area contributed by atoms with Crippen LogP contribution in [0.5, 0.6) is 0 Å². The molecule has 0 amide bonds. The van der Waals surface area contributed by atoms with Crippen molar-refractivity contribution in [3.8, 4) is 11.5 Å². The maximum Gasteiger partial charge on any atom is 0.181 e. The molecule has 0 unspecified atom stereocenters. The Kier molecular flexibility index (Phi) is 2.04. The zero-order valence-corrected chi connectivity index (χ0v) is 8.81. The number of halogens is 1. The highest BCUT2D eigenvalue weighted by atomic mass is 35.5. The SMILES string of the molecule is Clc1cccnc1-c1ncc2[nH]cnc2n1. The lowest BCUT2D eigenvalue weighted by atomic mass is 10.3. The van der Waals surface area contributed by atoms with E-state index >= 15 is 0 Å². The Labute approximate surface area is 95.6 Å². The smallest absolute Gasteiger partial charge is 0.181 e. The summed E-state index contributed by atoms with van der Waals surface area (Å²) in [6.45, 7) is 0. The first-order valence-corrected chi connectivity index (χ1v) is 4.99. The van der Waals surface area contributed by atoms with Crippen LogP contribution in [0.2, 0.25) is 5.02 Å². The number of hydrogen-bond acceptors (Lipinski definition) is 4. The summed E-state index contributed by atoms with van der Waals surface area (Å²) >= 11 is 6.01. The highest BCUT2D eigenvalue weighted by molar-refractivity contribution is 6.32. The van der Waals surface area contributed by atoms with Crippen molar-refractivity contribution in [2.75, 3.05) is 0 Å². The summed E-state index contributed by atoms with van der Waals surface area (Å²) in [7, 11) is 0. The average molecular weight is 232 g/mol. The fraction of sp³-hybridized carbons (Fsp3) is 0. The summed E-state index contributed by atoms with van der Waals surface area (Å²) < 4.78 is 0. The predicted molar refractivity (Wildman–Crippen MR) is 59.9 cm³/mol. The van der Waals surface area contributed by atoms with Gasteiger partial charge >= 0.3 is 0 Å². The minimum atomic E-state index is 0.477. The maximum absolute atomic E-state index is 6.01. The summed E-state index contributed by atoms with van der Waals surface area (Å²) in [6, 6.07) is 3.51. The van der Waals surface area contributed by atoms with Gasteiger partial charge in [-0.1, -0.05) is 11.6 Å². The van der Waals surface area contributed by atoms with Gasteiger partial charge in [-0.15, -0.1) is 0 Å². The number of pyridine rings is 1. The molecule has 0 aliphatic heterocycles. The molecule has 6 heteroatoms. The van der Waals surface area contributed by atoms with Crippen molar-refractivity contribution in [2.24, 2.45) is 0 Å². The third-order valence-corrected chi connectivity index (χ3v) is 2.45. The van der Waals surface area contributed by atoms with Gasteiger partial charge in [-0.25, -0.2) is 15.0 Å². The Morgan fingerprint density at radius 2 is 2.12 bits per heavy atom. The van der Waals surface area contributed by atoms with Crippen LogP contribution in [0, 0.1) is 0 Å². The van der Waals surface area contributed by atoms with Gasteiger partial charge in [0.05, 0.1) is 17.5 Å². The molecule has 0 radical (unpaired) electrons. The molecule has 0 saturated carbocycles. The zero-order chi connectivity index (χ0) is 11.0. The number of H-pyrrole nitrogens is 1. The molecule has 0 aliphatic rings. The number of fused-ring (bicyclic) bond motifs is 1. The first-order valence-electron chi connectivity index (χ1n) is 4.61. The Morgan fingerprint density at radius 3 is 3.00 bits per heavy atom. The largest absolute Gasteiger partial charge is 0.342 e. The van der Waals surface area contributed by atoms with E-state index in [1.54, 1.807) is 30.9 Å². The van der Waals surface area contributed by atoms with Crippen LogP contribution in [0.15, 0.2) is 30.9 Å². The van der Waals surface area contributed by atoms with Crippen molar-refractivity contribution in [1.29, 1.82) is 0 Å². The first kappa shape index (κ1) is 9.23. The van der Waals surface area contributed by atoms with E-state index in [9.17, 15) is 0 Å². The summed E-state index contributed by atoms with van der Waals surface area (Å²) in [5.74, 6) is 0.477. The molecule has 1 N–H and O–H groups in total. The van der Waals surface area contributed by atoms with Crippen LogP contribution in [0.3, 0.4) is 0 Å². The maximum atomic E-state index is 6.01. The molecule has 16 heavy (non-hydrogen) atoms. The van der Waals surface area contributed by atoms with Crippen LogP contribution in [-0.2, 0) is 0 Å². The fourth-order valence-electron chi connectivity index (χ4n) is 1.40. The lowest BCUT2D eigenvalue weighted by Crippen LogP contribution is -1.92. The molecule has 0 saturated heterocycles. The summed E-state index contributed by atoms with van der Waals surface area (Å²) in [6.07, 6.45) is 4.89. The van der Waals surface area contributed by atoms with Gasteiger partial charge in [0.2, 0.25) is 0 Å². The number of nitrogens with zero attached hydrogens (tertiary/aromatic N) is 4. The van der Waals surface area contributed by atoms with E-state index in [2.05, 4.69) is 24.9 Å². The second-order valence-corrected chi connectivity index (χ2v) is 3.57. The number of hydrogen-bond donors (Lipinski definition) is 1. The zero-order valence-electron chi connectivity index (χ0n) is 8.05. The number of aromatic amines is 1. The molecule has 0 spiro atoms. The van der Waals surface area contributed by atoms with E-state index in [-0.39, 0.29) is 0 Å². The van der Waals surface area contributed by atoms with Gasteiger partial charge in [0.1, 0.15) is 11.2 Å². The molecule has 3 rings (SSSR count). The third kappa shape index (κ3) is 1.42. The number of aromatic nitrogens is 5. The minimum Gasteiger partial charge on any atom is -0.342 e. The molecule has 3 heterocycles. The summed E-state index contributed by atoms with van der Waals surface area (Å²) in [4.78, 5) is 19.6. The molecular formula is C10H6ClN5. The van der Waals surface area contributed by atoms with E-state index in [4.69, 9.17) is 11.6 Å². The Morgan fingerprint density at radius 1 is 1.19 bits per heavy atom. The lowest BCUT2D eigenvalue weighted by Gasteiger charge is -2.00. The molecule has 0 aromatic carbocycles. The van der Waals surface area contributed by atoms with Gasteiger partial charge in [-0.2, -0.15) is 0 Å². The molecule has 5 nitrogen and oxygen atoms in total. The van der Waals surface area contributed by atoms with Gasteiger partial charge in [-0.05, 0) is 12.1 Å². The number of nitrogens with one attached hydrogen (secondary N) is 1. The average Bonchev–Trinajstić information content (AvgIpc) is 2.76. The first-order chi connectivity index (χ1) is 7.84. The topological polar surface area (TPSA) is 67.3 Å². The normalized spacial score (nSPS) is 10.8. The standard InChI is InChI=1S/C10H6ClN5/c11-6-2-1-3-12-8(6)10-13-4-7-9(16-10)15-5-14-7/h1-5H,(H,13,14,15,16). The van der Waals surface area contributed by atoms with Gasteiger partial charge in [0.15, 0.2) is 11.5 Å². The van der Waals surface area contributed by atoms with Gasteiger partial charge in [0, 0.05) is 6.20 Å². The molecule has 3 aromatic heterocycles. The monoisotopic (exact) mass is 231 g/mol. The van der Waals surface area contributed by atoms with Crippen LogP contribution in [0.25, 0.3) is 22.7 Å². The van der Waals surface area contributed by atoms with Crippen molar-refractivity contribution in [3.63, 3.8) is 0 Å². The second-order valence-electron chi connectivity index (χ2n) is 3.17. The van der Waals surface area contributed by atoms with Crippen molar-refractivity contribution in [2.45, 2.75) is 0 Å². The predicted octanol–water partition coefficient (Wildman–Crippen LogP) is 2.07. The Hall–Kier alpha value is -2.01. The molecule has 0 atom stereocenters. The Bertz CT molecular complexity index is 648. The van der Waals surface area contributed by atoms with Crippen LogP contribution < -0.4 is 0 Å². The van der Waals surface area contributed by atoms with Gasteiger partial charge in [-0.3, -0.25) is 4.98 Å². The van der Waals surface area contributed by atoms with E-state index in [1.165, 1.54) is 0 Å². The number of rotatable bonds is 1. The Balaban J connectivity index is 2.22. The van der Waals surface area contributed by atoms with Crippen molar-refractivity contribution in [1.82, 2.24) is 24.9 Å². The minimum absolute atomic E-state index is 0.477. The van der Waals surface area contributed by atoms with E-state index in [0.29, 0.717) is 22.2 Å². The van der Waals surface area contributed by atoms with Gasteiger partial charge < -0.3 is 4.98 Å². The van der Waals surface area contributed by atoms with Crippen LogP contribution in [-0.4, -0.2) is 24.9 Å².